The first kappa shape index (κ1) is 26.3. The fourth-order valence-electron chi connectivity index (χ4n) is 4.76. The molecule has 0 radical (unpaired) electrons. The van der Waals surface area contributed by atoms with Crippen LogP contribution in [0.1, 0.15) is 23.7 Å². The van der Waals surface area contributed by atoms with Gasteiger partial charge in [0.2, 0.25) is 0 Å². The molecule has 9 heteroatoms. The van der Waals surface area contributed by atoms with Crippen LogP contribution in [-0.4, -0.2) is 76.0 Å². The number of nitrogens with zero attached hydrogens (tertiary/aromatic N) is 3. The Bertz CT molecular complexity index is 1280. The van der Waals surface area contributed by atoms with Gasteiger partial charge in [-0.25, -0.2) is 0 Å². The van der Waals surface area contributed by atoms with Gasteiger partial charge in [-0.3, -0.25) is 14.5 Å². The van der Waals surface area contributed by atoms with Crippen molar-refractivity contribution in [1.82, 2.24) is 14.8 Å². The molecule has 0 aliphatic carbocycles. The third-order valence-electron chi connectivity index (χ3n) is 6.92. The van der Waals surface area contributed by atoms with Crippen LogP contribution in [0.15, 0.2) is 47.4 Å². The number of aromatic nitrogens is 1. The van der Waals surface area contributed by atoms with Crippen molar-refractivity contribution < 1.29 is 19.0 Å². The third-order valence-corrected chi connectivity index (χ3v) is 6.92. The SMILES string of the molecule is CCn1cc(C(=O)NCCCN2CCN(c3ccc(OC)cc3)CC2)c2cc(OC)c(OC)cc2c1=O. The number of nitrogens with one attached hydrogen (secondary N) is 1. The topological polar surface area (TPSA) is 85.3 Å². The minimum atomic E-state index is -0.205. The number of ether oxygens (including phenoxy) is 3. The monoisotopic (exact) mass is 508 g/mol. The Hall–Kier alpha value is -3.72. The lowest BCUT2D eigenvalue weighted by molar-refractivity contribution is 0.0952. The lowest BCUT2D eigenvalue weighted by atomic mass is 10.1. The number of methoxy groups -OCH3 is 3. The Morgan fingerprint density at radius 3 is 2.16 bits per heavy atom. The maximum absolute atomic E-state index is 13.2. The number of rotatable bonds is 10. The maximum atomic E-state index is 13.2. The number of piperazine rings is 1. The van der Waals surface area contributed by atoms with Gasteiger partial charge in [0.25, 0.3) is 11.5 Å². The van der Waals surface area contributed by atoms with Crippen molar-refractivity contribution in [2.24, 2.45) is 0 Å². The number of fused-ring (bicyclic) bond motifs is 1. The number of hydrogen-bond donors (Lipinski definition) is 1. The molecule has 3 aromatic rings. The zero-order valence-electron chi connectivity index (χ0n) is 22.1. The maximum Gasteiger partial charge on any atom is 0.258 e. The van der Waals surface area contributed by atoms with Crippen LogP contribution in [0.5, 0.6) is 17.2 Å². The minimum Gasteiger partial charge on any atom is -0.497 e. The summed E-state index contributed by atoms with van der Waals surface area (Å²) in [6.45, 7) is 7.70. The molecule has 2 heterocycles. The third kappa shape index (κ3) is 5.83. The summed E-state index contributed by atoms with van der Waals surface area (Å²) in [5, 5.41) is 4.03. The van der Waals surface area contributed by atoms with Crippen molar-refractivity contribution in [3.8, 4) is 17.2 Å². The molecule has 1 aliphatic heterocycles. The van der Waals surface area contributed by atoms with Crippen LogP contribution < -0.4 is 30.0 Å². The molecular weight excluding hydrogens is 472 g/mol. The van der Waals surface area contributed by atoms with Crippen molar-refractivity contribution in [2.75, 3.05) is 65.5 Å². The summed E-state index contributed by atoms with van der Waals surface area (Å²) in [6, 6.07) is 11.5. The zero-order chi connectivity index (χ0) is 26.4. The standard InChI is InChI=1S/C28H36N4O5/c1-5-31-19-24(22-17-25(36-3)26(37-4)18-23(22)28(31)34)27(33)29-11-6-12-30-13-15-32(16-14-30)20-7-9-21(35-2)10-8-20/h7-10,17-19H,5-6,11-16H2,1-4H3,(H,29,33). The average molecular weight is 509 g/mol. The van der Waals surface area contributed by atoms with Gasteiger partial charge in [-0.05, 0) is 56.3 Å². The van der Waals surface area contributed by atoms with Gasteiger partial charge in [-0.15, -0.1) is 0 Å². The summed E-state index contributed by atoms with van der Waals surface area (Å²) in [5.41, 5.74) is 1.50. The van der Waals surface area contributed by atoms with Crippen LogP contribution in [0.3, 0.4) is 0 Å². The average Bonchev–Trinajstić information content (AvgIpc) is 2.95. The molecule has 4 rings (SSSR count). The quantitative estimate of drug-likeness (QED) is 0.422. The molecular formula is C28H36N4O5. The highest BCUT2D eigenvalue weighted by Gasteiger charge is 2.19. The van der Waals surface area contributed by atoms with E-state index in [-0.39, 0.29) is 11.5 Å². The van der Waals surface area contributed by atoms with Crippen LogP contribution >= 0.6 is 0 Å². The van der Waals surface area contributed by atoms with Crippen molar-refractivity contribution in [3.63, 3.8) is 0 Å². The molecule has 0 atom stereocenters. The van der Waals surface area contributed by atoms with E-state index in [1.54, 1.807) is 30.0 Å². The van der Waals surface area contributed by atoms with Gasteiger partial charge in [0.15, 0.2) is 11.5 Å². The van der Waals surface area contributed by atoms with Crippen molar-refractivity contribution in [2.45, 2.75) is 19.9 Å². The van der Waals surface area contributed by atoms with Gasteiger partial charge in [-0.1, -0.05) is 0 Å². The fourth-order valence-corrected chi connectivity index (χ4v) is 4.76. The molecule has 0 saturated carbocycles. The van der Waals surface area contributed by atoms with Gasteiger partial charge in [0.05, 0.1) is 32.3 Å². The van der Waals surface area contributed by atoms with E-state index in [0.717, 1.165) is 44.9 Å². The molecule has 0 unspecified atom stereocenters. The van der Waals surface area contributed by atoms with Crippen molar-refractivity contribution in [1.29, 1.82) is 0 Å². The van der Waals surface area contributed by atoms with E-state index in [2.05, 4.69) is 27.2 Å². The second-order valence-electron chi connectivity index (χ2n) is 9.02. The first-order chi connectivity index (χ1) is 18.0. The summed E-state index contributed by atoms with van der Waals surface area (Å²) in [7, 11) is 4.74. The molecule has 9 nitrogen and oxygen atoms in total. The van der Waals surface area contributed by atoms with E-state index >= 15 is 0 Å². The summed E-state index contributed by atoms with van der Waals surface area (Å²) >= 11 is 0. The molecule has 0 bridgehead atoms. The summed E-state index contributed by atoms with van der Waals surface area (Å²) < 4.78 is 17.6. The predicted octanol–water partition coefficient (Wildman–Crippen LogP) is 2.99. The number of pyridine rings is 1. The molecule has 1 N–H and O–H groups in total. The van der Waals surface area contributed by atoms with Gasteiger partial charge in [0, 0.05) is 56.5 Å². The van der Waals surface area contributed by atoms with Gasteiger partial charge in [-0.2, -0.15) is 0 Å². The molecule has 1 aromatic heterocycles. The number of anilines is 1. The van der Waals surface area contributed by atoms with E-state index in [4.69, 9.17) is 14.2 Å². The van der Waals surface area contributed by atoms with E-state index in [9.17, 15) is 9.59 Å². The van der Waals surface area contributed by atoms with E-state index < -0.39 is 0 Å². The molecule has 37 heavy (non-hydrogen) atoms. The van der Waals surface area contributed by atoms with Crippen LogP contribution in [-0.2, 0) is 6.54 Å². The smallest absolute Gasteiger partial charge is 0.258 e. The van der Waals surface area contributed by atoms with Crippen LogP contribution in [0.4, 0.5) is 5.69 Å². The number of hydrogen-bond acceptors (Lipinski definition) is 7. The predicted molar refractivity (Wildman–Crippen MR) is 146 cm³/mol. The van der Waals surface area contributed by atoms with E-state index in [1.165, 1.54) is 19.9 Å². The first-order valence-electron chi connectivity index (χ1n) is 12.7. The minimum absolute atomic E-state index is 0.163. The fraction of sp³-hybridized carbons (Fsp3) is 0.429. The number of carbonyl (C=O) groups is 1. The van der Waals surface area contributed by atoms with Gasteiger partial charge < -0.3 is 29.0 Å². The highest BCUT2D eigenvalue weighted by atomic mass is 16.5. The molecule has 1 amide bonds. The lowest BCUT2D eigenvalue weighted by Crippen LogP contribution is -2.47. The summed E-state index contributed by atoms with van der Waals surface area (Å²) in [4.78, 5) is 30.9. The molecule has 1 saturated heterocycles. The highest BCUT2D eigenvalue weighted by molar-refractivity contribution is 6.07. The first-order valence-corrected chi connectivity index (χ1v) is 12.7. The van der Waals surface area contributed by atoms with Crippen LogP contribution in [0.25, 0.3) is 10.8 Å². The van der Waals surface area contributed by atoms with E-state index in [0.29, 0.717) is 40.9 Å². The van der Waals surface area contributed by atoms with Gasteiger partial charge in [0.1, 0.15) is 5.75 Å². The number of benzene rings is 2. The Labute approximate surface area is 217 Å². The van der Waals surface area contributed by atoms with Gasteiger partial charge >= 0.3 is 0 Å². The van der Waals surface area contributed by atoms with Crippen LogP contribution in [0.2, 0.25) is 0 Å². The lowest BCUT2D eigenvalue weighted by Gasteiger charge is -2.36. The number of carbonyl (C=O) groups excluding carboxylic acids is 1. The van der Waals surface area contributed by atoms with Crippen molar-refractivity contribution >= 4 is 22.4 Å². The Morgan fingerprint density at radius 1 is 0.919 bits per heavy atom. The Kier molecular flexibility index (Phi) is 8.55. The second-order valence-corrected chi connectivity index (χ2v) is 9.02. The largest absolute Gasteiger partial charge is 0.497 e. The highest BCUT2D eigenvalue weighted by Crippen LogP contribution is 2.32. The summed E-state index contributed by atoms with van der Waals surface area (Å²) in [6.07, 6.45) is 2.47. The molecule has 198 valence electrons. The molecule has 0 spiro atoms. The Morgan fingerprint density at radius 2 is 1.57 bits per heavy atom. The number of amides is 1. The molecule has 1 fully saturated rings. The molecule has 1 aliphatic rings. The van der Waals surface area contributed by atoms with Crippen LogP contribution in [0, 0.1) is 0 Å². The normalized spacial score (nSPS) is 14.0. The van der Waals surface area contributed by atoms with E-state index in [1.807, 2.05) is 19.1 Å². The number of aryl methyl sites for hydroxylation is 1. The summed E-state index contributed by atoms with van der Waals surface area (Å²) in [5.74, 6) is 1.60. The van der Waals surface area contributed by atoms with Crippen molar-refractivity contribution in [3.05, 3.63) is 58.5 Å². The molecule has 2 aromatic carbocycles. The second kappa shape index (κ2) is 12.0. The Balaban J connectivity index is 1.34. The zero-order valence-corrected chi connectivity index (χ0v) is 22.1.